The van der Waals surface area contributed by atoms with Gasteiger partial charge in [0.15, 0.2) is 0 Å². The lowest BCUT2D eigenvalue weighted by molar-refractivity contribution is -0.132. The van der Waals surface area contributed by atoms with E-state index < -0.39 is 5.97 Å². The molecular formula is C23H20N2O2. The minimum absolute atomic E-state index is 0.304. The summed E-state index contributed by atoms with van der Waals surface area (Å²) < 4.78 is 0. The largest absolute Gasteiger partial charge is 0.478 e. The average Bonchev–Trinajstić information content (AvgIpc) is 2.67. The number of hydrogen-bond donors (Lipinski definition) is 1. The summed E-state index contributed by atoms with van der Waals surface area (Å²) in [5.74, 6) is -1.20. The molecule has 1 aliphatic heterocycles. The number of carboxylic acids is 1. The number of pyridine rings is 1. The molecule has 2 heterocycles. The summed E-state index contributed by atoms with van der Waals surface area (Å²) in [6.45, 7) is 3.87. The van der Waals surface area contributed by atoms with Gasteiger partial charge in [0.2, 0.25) is 0 Å². The Bertz CT molecular complexity index is 1080. The molecule has 1 N–H and O–H groups in total. The van der Waals surface area contributed by atoms with Crippen LogP contribution in [0, 0.1) is 0 Å². The van der Waals surface area contributed by atoms with Crippen LogP contribution in [0.3, 0.4) is 0 Å². The Labute approximate surface area is 158 Å². The van der Waals surface area contributed by atoms with Crippen molar-refractivity contribution in [1.29, 1.82) is 0 Å². The third-order valence-electron chi connectivity index (χ3n) is 5.09. The summed E-state index contributed by atoms with van der Waals surface area (Å²) in [6.07, 6.45) is 5.49. The number of rotatable bonds is 3. The average molecular weight is 356 g/mol. The van der Waals surface area contributed by atoms with E-state index in [1.54, 1.807) is 12.4 Å². The van der Waals surface area contributed by atoms with Gasteiger partial charge in [0.05, 0.1) is 17.5 Å². The number of fused-ring (bicyclic) bond motifs is 1. The van der Waals surface area contributed by atoms with Gasteiger partial charge >= 0.3 is 5.97 Å². The molecule has 3 aromatic rings. The smallest absolute Gasteiger partial charge is 0.334 e. The van der Waals surface area contributed by atoms with E-state index in [9.17, 15) is 9.90 Å². The molecule has 4 heteroatoms. The third kappa shape index (κ3) is 2.89. The van der Waals surface area contributed by atoms with E-state index in [0.717, 1.165) is 27.7 Å². The van der Waals surface area contributed by atoms with E-state index >= 15 is 0 Å². The normalized spacial score (nSPS) is 17.2. The maximum absolute atomic E-state index is 12.2. The third-order valence-corrected chi connectivity index (χ3v) is 5.09. The molecule has 1 atom stereocenters. The van der Waals surface area contributed by atoms with Crippen molar-refractivity contribution in [3.05, 3.63) is 95.6 Å². The lowest BCUT2D eigenvalue weighted by Gasteiger charge is -2.34. The number of anilines is 1. The van der Waals surface area contributed by atoms with Crippen LogP contribution in [-0.4, -0.2) is 16.1 Å². The Morgan fingerprint density at radius 3 is 2.56 bits per heavy atom. The highest BCUT2D eigenvalue weighted by atomic mass is 16.4. The van der Waals surface area contributed by atoms with Crippen molar-refractivity contribution in [1.82, 2.24) is 4.98 Å². The number of carboxylic acid groups (broad SMARTS) is 1. The van der Waals surface area contributed by atoms with Crippen molar-refractivity contribution in [2.45, 2.75) is 19.8 Å². The molecule has 4 rings (SSSR count). The molecule has 1 aromatic heterocycles. The zero-order valence-electron chi connectivity index (χ0n) is 15.3. The molecule has 0 amide bonds. The van der Waals surface area contributed by atoms with E-state index in [-0.39, 0.29) is 5.92 Å². The number of aromatic nitrogens is 1. The van der Waals surface area contributed by atoms with Crippen LogP contribution in [0.2, 0.25) is 0 Å². The maximum Gasteiger partial charge on any atom is 0.334 e. The first-order chi connectivity index (χ1) is 13.1. The lowest BCUT2D eigenvalue weighted by Crippen LogP contribution is -2.29. The molecular weight excluding hydrogens is 336 g/mol. The Balaban J connectivity index is 1.92. The monoisotopic (exact) mass is 356 g/mol. The number of carbonyl (C=O) groups is 1. The van der Waals surface area contributed by atoms with Gasteiger partial charge < -0.3 is 10.0 Å². The number of hydrogen-bond acceptors (Lipinski definition) is 3. The molecule has 27 heavy (non-hydrogen) atoms. The number of allylic oxidation sites excluding steroid dienone is 3. The summed E-state index contributed by atoms with van der Waals surface area (Å²) in [4.78, 5) is 18.4. The minimum Gasteiger partial charge on any atom is -0.478 e. The van der Waals surface area contributed by atoms with Crippen molar-refractivity contribution in [2.75, 3.05) is 4.90 Å². The van der Waals surface area contributed by atoms with Crippen LogP contribution in [0.15, 0.2) is 90.0 Å². The Morgan fingerprint density at radius 1 is 1.04 bits per heavy atom. The van der Waals surface area contributed by atoms with Gasteiger partial charge in [0.1, 0.15) is 0 Å². The van der Waals surface area contributed by atoms with Crippen LogP contribution >= 0.6 is 0 Å². The van der Waals surface area contributed by atoms with Crippen LogP contribution < -0.4 is 4.90 Å². The molecule has 0 spiro atoms. The number of nitrogens with zero attached hydrogens (tertiary/aromatic N) is 2. The van der Waals surface area contributed by atoms with E-state index in [2.05, 4.69) is 23.2 Å². The summed E-state index contributed by atoms with van der Waals surface area (Å²) >= 11 is 0. The Morgan fingerprint density at radius 2 is 1.81 bits per heavy atom. The summed E-state index contributed by atoms with van der Waals surface area (Å²) in [7, 11) is 0. The van der Waals surface area contributed by atoms with Crippen molar-refractivity contribution >= 4 is 22.4 Å². The first kappa shape index (κ1) is 17.0. The van der Waals surface area contributed by atoms with Gasteiger partial charge in [-0.2, -0.15) is 0 Å². The topological polar surface area (TPSA) is 53.4 Å². The minimum atomic E-state index is -0.900. The molecule has 0 fully saturated rings. The predicted octanol–water partition coefficient (Wildman–Crippen LogP) is 5.10. The van der Waals surface area contributed by atoms with Crippen molar-refractivity contribution in [2.24, 2.45) is 0 Å². The van der Waals surface area contributed by atoms with Gasteiger partial charge in [0.25, 0.3) is 0 Å². The standard InChI is InChI=1S/C23H20N2O2/c1-15-13-21(20-11-5-8-17-7-3-4-10-19(17)20)22(23(26)27)16(2)25(15)18-9-6-12-24-14-18/h3-14,21H,1-2H3,(H,26,27). The van der Waals surface area contributed by atoms with Crippen LogP contribution in [0.5, 0.6) is 0 Å². The zero-order valence-corrected chi connectivity index (χ0v) is 15.3. The van der Waals surface area contributed by atoms with E-state index in [1.807, 2.05) is 61.2 Å². The van der Waals surface area contributed by atoms with Gasteiger partial charge in [0, 0.05) is 23.5 Å². The molecule has 0 aliphatic carbocycles. The van der Waals surface area contributed by atoms with Gasteiger partial charge in [-0.05, 0) is 42.3 Å². The molecule has 134 valence electrons. The van der Waals surface area contributed by atoms with Crippen molar-refractivity contribution < 1.29 is 9.90 Å². The molecule has 2 aromatic carbocycles. The Hall–Kier alpha value is -3.40. The molecule has 0 bridgehead atoms. The highest BCUT2D eigenvalue weighted by molar-refractivity contribution is 5.95. The quantitative estimate of drug-likeness (QED) is 0.709. The molecule has 0 radical (unpaired) electrons. The first-order valence-corrected chi connectivity index (χ1v) is 8.88. The van der Waals surface area contributed by atoms with Crippen LogP contribution in [-0.2, 0) is 4.79 Å². The van der Waals surface area contributed by atoms with E-state index in [0.29, 0.717) is 11.3 Å². The molecule has 0 saturated heterocycles. The van der Waals surface area contributed by atoms with E-state index in [1.165, 1.54) is 0 Å². The number of aliphatic carboxylic acids is 1. The summed E-state index contributed by atoms with van der Waals surface area (Å²) in [6, 6.07) is 17.9. The number of benzene rings is 2. The van der Waals surface area contributed by atoms with Gasteiger partial charge in [-0.15, -0.1) is 0 Å². The highest BCUT2D eigenvalue weighted by Crippen LogP contribution is 2.40. The second kappa shape index (κ2) is 6.72. The Kier molecular flexibility index (Phi) is 4.24. The van der Waals surface area contributed by atoms with Gasteiger partial charge in [-0.1, -0.05) is 48.5 Å². The molecule has 4 nitrogen and oxygen atoms in total. The molecule has 0 saturated carbocycles. The summed E-state index contributed by atoms with van der Waals surface area (Å²) in [5, 5.41) is 12.2. The van der Waals surface area contributed by atoms with Crippen LogP contribution in [0.4, 0.5) is 5.69 Å². The molecule has 1 aliphatic rings. The highest BCUT2D eigenvalue weighted by Gasteiger charge is 2.31. The summed E-state index contributed by atoms with van der Waals surface area (Å²) in [5.41, 5.74) is 3.96. The lowest BCUT2D eigenvalue weighted by atomic mass is 9.83. The van der Waals surface area contributed by atoms with Gasteiger partial charge in [-0.3, -0.25) is 4.98 Å². The second-order valence-corrected chi connectivity index (χ2v) is 6.70. The fourth-order valence-electron chi connectivity index (χ4n) is 3.95. The predicted molar refractivity (Wildman–Crippen MR) is 107 cm³/mol. The molecule has 1 unspecified atom stereocenters. The van der Waals surface area contributed by atoms with Crippen LogP contribution in [0.1, 0.15) is 25.3 Å². The van der Waals surface area contributed by atoms with E-state index in [4.69, 9.17) is 0 Å². The maximum atomic E-state index is 12.2. The van der Waals surface area contributed by atoms with Crippen LogP contribution in [0.25, 0.3) is 10.8 Å². The van der Waals surface area contributed by atoms with Crippen molar-refractivity contribution in [3.63, 3.8) is 0 Å². The second-order valence-electron chi connectivity index (χ2n) is 6.70. The fourth-order valence-corrected chi connectivity index (χ4v) is 3.95. The van der Waals surface area contributed by atoms with Gasteiger partial charge in [-0.25, -0.2) is 4.79 Å². The first-order valence-electron chi connectivity index (χ1n) is 8.88. The zero-order chi connectivity index (χ0) is 19.0. The van der Waals surface area contributed by atoms with Crippen molar-refractivity contribution in [3.8, 4) is 0 Å². The SMILES string of the molecule is CC1=CC(c2cccc3ccccc23)C(C(=O)O)=C(C)N1c1cccnc1. The fraction of sp³-hybridized carbons (Fsp3) is 0.130.